The van der Waals surface area contributed by atoms with Crippen LogP contribution in [0.4, 0.5) is 5.69 Å². The fraction of sp³-hybridized carbons (Fsp3) is 0.381. The number of amides is 1. The van der Waals surface area contributed by atoms with Gasteiger partial charge in [0.2, 0.25) is 5.91 Å². The van der Waals surface area contributed by atoms with Gasteiger partial charge in [0, 0.05) is 44.8 Å². The van der Waals surface area contributed by atoms with E-state index in [0.717, 1.165) is 50.4 Å². The summed E-state index contributed by atoms with van der Waals surface area (Å²) in [6, 6.07) is 16.3. The molecule has 0 aliphatic carbocycles. The molecule has 0 spiro atoms. The second-order valence-corrected chi connectivity index (χ2v) is 6.78. The van der Waals surface area contributed by atoms with Gasteiger partial charge in [0.25, 0.3) is 0 Å². The van der Waals surface area contributed by atoms with E-state index in [-0.39, 0.29) is 30.7 Å². The summed E-state index contributed by atoms with van der Waals surface area (Å²) in [7, 11) is 0. The number of carbonyl (C=O) groups excluding carboxylic acids is 1. The van der Waals surface area contributed by atoms with Crippen LogP contribution in [-0.2, 0) is 17.8 Å². The highest BCUT2D eigenvalue weighted by molar-refractivity contribution is 5.85. The number of nitrogens with zero attached hydrogens (tertiary/aromatic N) is 2. The van der Waals surface area contributed by atoms with Crippen LogP contribution < -0.4 is 5.73 Å². The highest BCUT2D eigenvalue weighted by Crippen LogP contribution is 2.15. The van der Waals surface area contributed by atoms with Crippen molar-refractivity contribution in [2.24, 2.45) is 0 Å². The van der Waals surface area contributed by atoms with Gasteiger partial charge >= 0.3 is 0 Å². The second-order valence-electron chi connectivity index (χ2n) is 6.78. The highest BCUT2D eigenvalue weighted by Gasteiger charge is 2.21. The number of hydrogen-bond donors (Lipinski definition) is 1. The normalized spacial score (nSPS) is 14.2. The topological polar surface area (TPSA) is 49.6 Å². The first-order valence-electron chi connectivity index (χ1n) is 9.01. The second kappa shape index (κ2) is 11.2. The third-order valence-electron chi connectivity index (χ3n) is 5.04. The largest absolute Gasteiger partial charge is 0.399 e. The van der Waals surface area contributed by atoms with E-state index in [0.29, 0.717) is 6.42 Å². The van der Waals surface area contributed by atoms with Gasteiger partial charge in [0.15, 0.2) is 0 Å². The van der Waals surface area contributed by atoms with E-state index in [4.69, 9.17) is 5.73 Å². The van der Waals surface area contributed by atoms with Crippen molar-refractivity contribution in [1.82, 2.24) is 9.80 Å². The minimum absolute atomic E-state index is 0. The number of nitrogen functional groups attached to an aromatic ring is 1. The minimum Gasteiger partial charge on any atom is -0.399 e. The molecule has 3 rings (SSSR count). The standard InChI is InChI=1S/C21H27N3O.2ClH/c1-17-6-2-3-8-19(17)16-23-12-14-24(15-13-23)21(25)11-10-18-7-4-5-9-20(18)22;;/h2-9H,10-16,22H2,1H3;2*1H. The Kier molecular flexibility index (Phi) is 9.64. The SMILES string of the molecule is Cc1ccccc1CN1CCN(C(=O)CCc2ccccc2N)CC1.Cl.Cl. The lowest BCUT2D eigenvalue weighted by molar-refractivity contribution is -0.133. The lowest BCUT2D eigenvalue weighted by Gasteiger charge is -2.35. The van der Waals surface area contributed by atoms with Crippen LogP contribution in [0, 0.1) is 6.92 Å². The number of halogens is 2. The lowest BCUT2D eigenvalue weighted by Crippen LogP contribution is -2.48. The number of nitrogens with two attached hydrogens (primary N) is 1. The van der Waals surface area contributed by atoms with Crippen LogP contribution in [0.2, 0.25) is 0 Å². The number of piperazine rings is 1. The molecule has 0 bridgehead atoms. The lowest BCUT2D eigenvalue weighted by atomic mass is 10.1. The Hall–Kier alpha value is -1.75. The third-order valence-corrected chi connectivity index (χ3v) is 5.04. The van der Waals surface area contributed by atoms with Crippen molar-refractivity contribution in [2.45, 2.75) is 26.3 Å². The first-order chi connectivity index (χ1) is 12.1. The van der Waals surface area contributed by atoms with Crippen LogP contribution in [0.3, 0.4) is 0 Å². The Balaban J connectivity index is 0.00000182. The van der Waals surface area contributed by atoms with Crippen molar-refractivity contribution in [2.75, 3.05) is 31.9 Å². The fourth-order valence-corrected chi connectivity index (χ4v) is 3.35. The molecule has 27 heavy (non-hydrogen) atoms. The smallest absolute Gasteiger partial charge is 0.222 e. The van der Waals surface area contributed by atoms with E-state index in [2.05, 4.69) is 36.1 Å². The molecule has 1 aliphatic heterocycles. The summed E-state index contributed by atoms with van der Waals surface area (Å²) in [6.45, 7) is 6.63. The van der Waals surface area contributed by atoms with Gasteiger partial charge in [-0.1, -0.05) is 42.5 Å². The van der Waals surface area contributed by atoms with Crippen molar-refractivity contribution < 1.29 is 4.79 Å². The molecule has 1 fully saturated rings. The number of aryl methyl sites for hydroxylation is 2. The molecule has 148 valence electrons. The van der Waals surface area contributed by atoms with Crippen LogP contribution in [0.5, 0.6) is 0 Å². The maximum absolute atomic E-state index is 12.5. The van der Waals surface area contributed by atoms with Crippen LogP contribution in [0.1, 0.15) is 23.1 Å². The van der Waals surface area contributed by atoms with E-state index in [1.165, 1.54) is 11.1 Å². The van der Waals surface area contributed by atoms with Crippen molar-refractivity contribution in [1.29, 1.82) is 0 Å². The zero-order valence-electron chi connectivity index (χ0n) is 15.8. The molecule has 2 N–H and O–H groups in total. The molecule has 1 amide bonds. The Morgan fingerprint density at radius 2 is 1.52 bits per heavy atom. The number of anilines is 1. The number of rotatable bonds is 5. The first-order valence-corrected chi connectivity index (χ1v) is 9.01. The van der Waals surface area contributed by atoms with Gasteiger partial charge in [-0.05, 0) is 36.1 Å². The summed E-state index contributed by atoms with van der Waals surface area (Å²) in [5, 5.41) is 0. The molecule has 2 aromatic carbocycles. The fourth-order valence-electron chi connectivity index (χ4n) is 3.35. The molecule has 0 atom stereocenters. The van der Waals surface area contributed by atoms with Crippen molar-refractivity contribution >= 4 is 36.4 Å². The third kappa shape index (κ3) is 6.42. The van der Waals surface area contributed by atoms with Gasteiger partial charge < -0.3 is 10.6 Å². The van der Waals surface area contributed by atoms with Crippen molar-refractivity contribution in [3.63, 3.8) is 0 Å². The Bertz CT molecular complexity index is 731. The summed E-state index contributed by atoms with van der Waals surface area (Å²) < 4.78 is 0. The number of carbonyl (C=O) groups is 1. The van der Waals surface area contributed by atoms with E-state index >= 15 is 0 Å². The van der Waals surface area contributed by atoms with Crippen molar-refractivity contribution in [3.05, 3.63) is 65.2 Å². The molecule has 0 unspecified atom stereocenters. The quantitative estimate of drug-likeness (QED) is 0.765. The maximum atomic E-state index is 12.5. The van der Waals surface area contributed by atoms with E-state index in [1.807, 2.05) is 29.2 Å². The summed E-state index contributed by atoms with van der Waals surface area (Å²) in [6.07, 6.45) is 1.25. The van der Waals surface area contributed by atoms with Gasteiger partial charge in [-0.15, -0.1) is 24.8 Å². The average Bonchev–Trinajstić information content (AvgIpc) is 2.63. The molecular formula is C21H29Cl2N3O. The maximum Gasteiger partial charge on any atom is 0.222 e. The number of hydrogen-bond acceptors (Lipinski definition) is 3. The zero-order valence-corrected chi connectivity index (χ0v) is 17.4. The summed E-state index contributed by atoms with van der Waals surface area (Å²) in [5.74, 6) is 0.235. The minimum atomic E-state index is 0. The van der Waals surface area contributed by atoms with Gasteiger partial charge in [-0.3, -0.25) is 9.69 Å². The molecule has 0 aromatic heterocycles. The average molecular weight is 410 g/mol. The summed E-state index contributed by atoms with van der Waals surface area (Å²) in [5.41, 5.74) is 10.5. The summed E-state index contributed by atoms with van der Waals surface area (Å²) in [4.78, 5) is 16.9. The number of para-hydroxylation sites is 1. The molecule has 2 aromatic rings. The monoisotopic (exact) mass is 409 g/mol. The Labute approximate surface area is 174 Å². The number of benzene rings is 2. The van der Waals surface area contributed by atoms with Gasteiger partial charge in [-0.2, -0.15) is 0 Å². The molecule has 0 saturated carbocycles. The molecule has 1 saturated heterocycles. The first kappa shape index (κ1) is 23.3. The van der Waals surface area contributed by atoms with Crippen LogP contribution in [-0.4, -0.2) is 41.9 Å². The molecule has 4 nitrogen and oxygen atoms in total. The molecule has 0 radical (unpaired) electrons. The molecule has 1 heterocycles. The van der Waals surface area contributed by atoms with Crippen LogP contribution in [0.15, 0.2) is 48.5 Å². The zero-order chi connectivity index (χ0) is 17.6. The predicted molar refractivity (Wildman–Crippen MR) is 117 cm³/mol. The molecular weight excluding hydrogens is 381 g/mol. The van der Waals surface area contributed by atoms with Gasteiger partial charge in [0.1, 0.15) is 0 Å². The molecule has 1 aliphatic rings. The Morgan fingerprint density at radius 3 is 2.15 bits per heavy atom. The van der Waals surface area contributed by atoms with Crippen molar-refractivity contribution in [3.8, 4) is 0 Å². The van der Waals surface area contributed by atoms with Crippen LogP contribution >= 0.6 is 24.8 Å². The van der Waals surface area contributed by atoms with Crippen LogP contribution in [0.25, 0.3) is 0 Å². The van der Waals surface area contributed by atoms with Gasteiger partial charge in [-0.25, -0.2) is 0 Å². The summed E-state index contributed by atoms with van der Waals surface area (Å²) >= 11 is 0. The van der Waals surface area contributed by atoms with E-state index in [9.17, 15) is 4.79 Å². The van der Waals surface area contributed by atoms with E-state index in [1.54, 1.807) is 0 Å². The molecule has 6 heteroatoms. The predicted octanol–water partition coefficient (Wildman–Crippen LogP) is 3.70. The van der Waals surface area contributed by atoms with E-state index < -0.39 is 0 Å². The highest BCUT2D eigenvalue weighted by atomic mass is 35.5. The Morgan fingerprint density at radius 1 is 0.926 bits per heavy atom. The van der Waals surface area contributed by atoms with Gasteiger partial charge in [0.05, 0.1) is 0 Å².